The van der Waals surface area contributed by atoms with E-state index in [4.69, 9.17) is 10.00 Å². The van der Waals surface area contributed by atoms with Crippen molar-refractivity contribution < 1.29 is 13.2 Å². The molecule has 0 bridgehead atoms. The number of hydrogen-bond donors (Lipinski definition) is 1. The number of aryl methyl sites for hydroxylation is 2. The maximum absolute atomic E-state index is 12.5. The van der Waals surface area contributed by atoms with E-state index in [1.165, 1.54) is 24.1 Å². The van der Waals surface area contributed by atoms with Gasteiger partial charge in [-0.1, -0.05) is 6.07 Å². The summed E-state index contributed by atoms with van der Waals surface area (Å²) in [5.74, 6) is 0.342. The second kappa shape index (κ2) is 5.46. The van der Waals surface area contributed by atoms with Crippen molar-refractivity contribution in [2.45, 2.75) is 11.8 Å². The van der Waals surface area contributed by atoms with Crippen molar-refractivity contribution >= 4 is 15.8 Å². The van der Waals surface area contributed by atoms with Gasteiger partial charge < -0.3 is 4.74 Å². The fourth-order valence-corrected chi connectivity index (χ4v) is 3.18. The Morgan fingerprint density at radius 1 is 1.43 bits per heavy atom. The number of nitriles is 1. The molecular weight excluding hydrogens is 292 g/mol. The molecule has 0 atom stereocenters. The number of benzene rings is 1. The highest BCUT2D eigenvalue weighted by atomic mass is 32.2. The van der Waals surface area contributed by atoms with Gasteiger partial charge in [0.2, 0.25) is 0 Å². The summed E-state index contributed by atoms with van der Waals surface area (Å²) in [6.07, 6.45) is 1.30. The molecule has 0 aliphatic rings. The normalized spacial score (nSPS) is 11.0. The van der Waals surface area contributed by atoms with Crippen LogP contribution in [0.5, 0.6) is 5.75 Å². The number of anilines is 1. The van der Waals surface area contributed by atoms with Crippen molar-refractivity contribution in [3.05, 3.63) is 35.5 Å². The van der Waals surface area contributed by atoms with Crippen molar-refractivity contribution in [1.29, 1.82) is 5.26 Å². The third-order valence-electron chi connectivity index (χ3n) is 2.90. The number of rotatable bonds is 4. The van der Waals surface area contributed by atoms with Crippen LogP contribution in [0.1, 0.15) is 11.1 Å². The first kappa shape index (κ1) is 14.9. The van der Waals surface area contributed by atoms with E-state index in [9.17, 15) is 8.42 Å². The summed E-state index contributed by atoms with van der Waals surface area (Å²) in [4.78, 5) is 0.00934. The van der Waals surface area contributed by atoms with E-state index in [1.54, 1.807) is 26.1 Å². The van der Waals surface area contributed by atoms with Crippen LogP contribution in [0.15, 0.2) is 29.3 Å². The summed E-state index contributed by atoms with van der Waals surface area (Å²) in [6.45, 7) is 1.78. The molecule has 0 aliphatic heterocycles. The Morgan fingerprint density at radius 3 is 2.76 bits per heavy atom. The number of methoxy groups -OCH3 is 1. The molecule has 0 aliphatic carbocycles. The molecular formula is C13H14N4O3S. The van der Waals surface area contributed by atoms with Gasteiger partial charge in [-0.05, 0) is 24.6 Å². The summed E-state index contributed by atoms with van der Waals surface area (Å²) in [5.41, 5.74) is 0.925. The van der Waals surface area contributed by atoms with Crippen LogP contribution in [-0.4, -0.2) is 25.3 Å². The Balaban J connectivity index is 2.51. The summed E-state index contributed by atoms with van der Waals surface area (Å²) >= 11 is 0. The van der Waals surface area contributed by atoms with Gasteiger partial charge in [0.05, 0.1) is 13.3 Å². The third kappa shape index (κ3) is 2.83. The molecule has 21 heavy (non-hydrogen) atoms. The molecule has 1 N–H and O–H groups in total. The monoisotopic (exact) mass is 306 g/mol. The quantitative estimate of drug-likeness (QED) is 0.921. The standard InChI is InChI=1S/C13H14N4O3S/c1-9-4-5-11(20-3)12(6-9)21(18,19)16-13-10(7-14)8-15-17(13)2/h4-6,8,16H,1-3H3. The lowest BCUT2D eigenvalue weighted by Gasteiger charge is -2.12. The summed E-state index contributed by atoms with van der Waals surface area (Å²) < 4.78 is 33.8. The number of aromatic nitrogens is 2. The Bertz CT molecular complexity index is 818. The van der Waals surface area contributed by atoms with Crippen LogP contribution in [0.3, 0.4) is 0 Å². The van der Waals surface area contributed by atoms with Crippen LogP contribution in [-0.2, 0) is 17.1 Å². The van der Waals surface area contributed by atoms with Crippen molar-refractivity contribution in [3.8, 4) is 11.8 Å². The first-order chi connectivity index (χ1) is 9.89. The molecule has 2 rings (SSSR count). The molecule has 1 heterocycles. The topological polar surface area (TPSA) is 97.0 Å². The average Bonchev–Trinajstić information content (AvgIpc) is 2.79. The molecule has 0 radical (unpaired) electrons. The highest BCUT2D eigenvalue weighted by Crippen LogP contribution is 2.27. The van der Waals surface area contributed by atoms with Crippen LogP contribution in [0.25, 0.3) is 0 Å². The number of nitrogens with zero attached hydrogens (tertiary/aromatic N) is 3. The second-order valence-corrected chi connectivity index (χ2v) is 6.05. The van der Waals surface area contributed by atoms with Crippen LogP contribution >= 0.6 is 0 Å². The Hall–Kier alpha value is -2.53. The fourth-order valence-electron chi connectivity index (χ4n) is 1.82. The van der Waals surface area contributed by atoms with E-state index in [0.29, 0.717) is 0 Å². The van der Waals surface area contributed by atoms with Crippen LogP contribution in [0.4, 0.5) is 5.82 Å². The Morgan fingerprint density at radius 2 is 2.14 bits per heavy atom. The van der Waals surface area contributed by atoms with Gasteiger partial charge in [0, 0.05) is 7.05 Å². The number of nitrogens with one attached hydrogen (secondary N) is 1. The Labute approximate surface area is 122 Å². The summed E-state index contributed by atoms with van der Waals surface area (Å²) in [6, 6.07) is 6.73. The van der Waals surface area contributed by atoms with Crippen molar-refractivity contribution in [1.82, 2.24) is 9.78 Å². The van der Waals surface area contributed by atoms with E-state index < -0.39 is 10.0 Å². The predicted molar refractivity (Wildman–Crippen MR) is 76.5 cm³/mol. The minimum Gasteiger partial charge on any atom is -0.495 e. The van der Waals surface area contributed by atoms with E-state index in [1.807, 2.05) is 6.07 Å². The molecule has 0 spiro atoms. The van der Waals surface area contributed by atoms with Gasteiger partial charge >= 0.3 is 0 Å². The third-order valence-corrected chi connectivity index (χ3v) is 4.26. The van der Waals surface area contributed by atoms with Crippen LogP contribution < -0.4 is 9.46 Å². The SMILES string of the molecule is COc1ccc(C)cc1S(=O)(=O)Nc1c(C#N)cnn1C. The maximum Gasteiger partial charge on any atom is 0.266 e. The van der Waals surface area contributed by atoms with Gasteiger partial charge in [0.1, 0.15) is 22.3 Å². The lowest BCUT2D eigenvalue weighted by Crippen LogP contribution is -2.17. The van der Waals surface area contributed by atoms with Crippen LogP contribution in [0.2, 0.25) is 0 Å². The number of ether oxygens (including phenoxy) is 1. The van der Waals surface area contributed by atoms with Gasteiger partial charge in [-0.15, -0.1) is 0 Å². The minimum absolute atomic E-state index is 0.00934. The van der Waals surface area contributed by atoms with E-state index >= 15 is 0 Å². The Kier molecular flexibility index (Phi) is 3.86. The van der Waals surface area contributed by atoms with Gasteiger partial charge in [-0.2, -0.15) is 10.4 Å². The fraction of sp³-hybridized carbons (Fsp3) is 0.231. The highest BCUT2D eigenvalue weighted by molar-refractivity contribution is 7.92. The molecule has 1 aromatic carbocycles. The number of hydrogen-bond acceptors (Lipinski definition) is 5. The summed E-state index contributed by atoms with van der Waals surface area (Å²) in [7, 11) is -0.945. The minimum atomic E-state index is -3.89. The van der Waals surface area contributed by atoms with Gasteiger partial charge in [0.15, 0.2) is 5.82 Å². The average molecular weight is 306 g/mol. The molecule has 0 saturated carbocycles. The van der Waals surface area contributed by atoms with Crippen LogP contribution in [0, 0.1) is 18.3 Å². The predicted octanol–water partition coefficient (Wildman–Crippen LogP) is 1.41. The van der Waals surface area contributed by atoms with E-state index in [0.717, 1.165) is 5.56 Å². The van der Waals surface area contributed by atoms with Crippen molar-refractivity contribution in [2.75, 3.05) is 11.8 Å². The molecule has 0 saturated heterocycles. The molecule has 0 unspecified atom stereocenters. The van der Waals surface area contributed by atoms with Gasteiger partial charge in [0.25, 0.3) is 10.0 Å². The molecule has 2 aromatic rings. The van der Waals surface area contributed by atoms with Crippen molar-refractivity contribution in [2.24, 2.45) is 7.05 Å². The molecule has 0 amide bonds. The molecule has 1 aromatic heterocycles. The lowest BCUT2D eigenvalue weighted by atomic mass is 10.2. The maximum atomic E-state index is 12.5. The summed E-state index contributed by atoms with van der Waals surface area (Å²) in [5, 5.41) is 12.8. The molecule has 7 nitrogen and oxygen atoms in total. The molecule has 110 valence electrons. The molecule has 0 fully saturated rings. The van der Waals surface area contributed by atoms with E-state index in [2.05, 4.69) is 9.82 Å². The zero-order chi connectivity index (χ0) is 15.6. The van der Waals surface area contributed by atoms with Gasteiger partial charge in [-0.3, -0.25) is 9.40 Å². The smallest absolute Gasteiger partial charge is 0.266 e. The first-order valence-electron chi connectivity index (χ1n) is 5.98. The first-order valence-corrected chi connectivity index (χ1v) is 7.47. The zero-order valence-electron chi connectivity index (χ0n) is 11.8. The molecule has 8 heteroatoms. The van der Waals surface area contributed by atoms with Crippen molar-refractivity contribution in [3.63, 3.8) is 0 Å². The van der Waals surface area contributed by atoms with E-state index in [-0.39, 0.29) is 22.0 Å². The largest absolute Gasteiger partial charge is 0.495 e. The van der Waals surface area contributed by atoms with Gasteiger partial charge in [-0.25, -0.2) is 8.42 Å². The zero-order valence-corrected chi connectivity index (χ0v) is 12.6. The second-order valence-electron chi connectivity index (χ2n) is 4.40. The highest BCUT2D eigenvalue weighted by Gasteiger charge is 2.22. The lowest BCUT2D eigenvalue weighted by molar-refractivity contribution is 0.402. The number of sulfonamides is 1.